The van der Waals surface area contributed by atoms with Crippen molar-refractivity contribution in [2.24, 2.45) is 0 Å². The lowest BCUT2D eigenvalue weighted by Gasteiger charge is -2.31. The smallest absolute Gasteiger partial charge is 0.339 e. The highest BCUT2D eigenvalue weighted by molar-refractivity contribution is 6.01. The minimum Gasteiger partial charge on any atom is -0.465 e. The Bertz CT molecular complexity index is 569. The van der Waals surface area contributed by atoms with Crippen LogP contribution >= 0.6 is 0 Å². The number of hydrogen-bond donors (Lipinski definition) is 2. The number of Topliss-reactive ketones (excluding diaryl/α,β-unsaturated/α-hetero) is 1. The van der Waals surface area contributed by atoms with Gasteiger partial charge in [-0.25, -0.2) is 4.79 Å². The van der Waals surface area contributed by atoms with Gasteiger partial charge in [0, 0.05) is 5.69 Å². The van der Waals surface area contributed by atoms with Crippen LogP contribution in [0.1, 0.15) is 46.0 Å². The summed E-state index contributed by atoms with van der Waals surface area (Å²) in [6.45, 7) is 9.65. The molecule has 0 aliphatic carbocycles. The number of aromatic amines is 1. The predicted molar refractivity (Wildman–Crippen MR) is 81.5 cm³/mol. The van der Waals surface area contributed by atoms with Crippen molar-refractivity contribution >= 4 is 11.8 Å². The number of esters is 1. The zero-order valence-electron chi connectivity index (χ0n) is 13.9. The number of nitrogens with one attached hydrogen (secondary N) is 2. The minimum atomic E-state index is -0.411. The molecule has 1 aliphatic heterocycles. The van der Waals surface area contributed by atoms with Crippen LogP contribution in [0.25, 0.3) is 0 Å². The zero-order valence-corrected chi connectivity index (χ0v) is 13.9. The second-order valence-corrected chi connectivity index (χ2v) is 6.13. The van der Waals surface area contributed by atoms with Crippen LogP contribution < -0.4 is 4.90 Å². The molecule has 0 amide bonds. The summed E-state index contributed by atoms with van der Waals surface area (Å²) in [6.07, 6.45) is 0.312. The second kappa shape index (κ2) is 6.62. The molecule has 1 unspecified atom stereocenters. The first-order chi connectivity index (χ1) is 10.3. The van der Waals surface area contributed by atoms with Crippen molar-refractivity contribution in [1.29, 1.82) is 0 Å². The number of carbonyl (C=O) groups is 2. The van der Waals surface area contributed by atoms with Gasteiger partial charge in [0.25, 0.3) is 0 Å². The Kier molecular flexibility index (Phi) is 5.03. The molecular formula is C16H25N2O4+. The van der Waals surface area contributed by atoms with Gasteiger partial charge in [-0.15, -0.1) is 0 Å². The highest BCUT2D eigenvalue weighted by Gasteiger charge is 2.29. The Balaban J connectivity index is 2.15. The lowest BCUT2D eigenvalue weighted by molar-refractivity contribution is -0.906. The fourth-order valence-corrected chi connectivity index (χ4v) is 3.29. The van der Waals surface area contributed by atoms with Gasteiger partial charge in [0.1, 0.15) is 31.8 Å². The van der Waals surface area contributed by atoms with Gasteiger partial charge in [-0.3, -0.25) is 4.79 Å². The third kappa shape index (κ3) is 3.39. The lowest BCUT2D eigenvalue weighted by Crippen LogP contribution is -3.16. The maximum atomic E-state index is 12.6. The number of aryl methyl sites for hydroxylation is 1. The third-order valence-electron chi connectivity index (χ3n) is 4.13. The zero-order chi connectivity index (χ0) is 16.4. The molecule has 2 rings (SSSR count). The van der Waals surface area contributed by atoms with Gasteiger partial charge in [0.15, 0.2) is 0 Å². The normalized spacial score (nSPS) is 25.0. The Labute approximate surface area is 130 Å². The molecular weight excluding hydrogens is 284 g/mol. The number of ether oxygens (including phenoxy) is 2. The number of methoxy groups -OCH3 is 1. The van der Waals surface area contributed by atoms with Crippen LogP contribution in [0, 0.1) is 13.8 Å². The Morgan fingerprint density at radius 1 is 1.27 bits per heavy atom. The van der Waals surface area contributed by atoms with Crippen LogP contribution in [0.5, 0.6) is 0 Å². The molecule has 122 valence electrons. The van der Waals surface area contributed by atoms with Crippen molar-refractivity contribution in [3.8, 4) is 0 Å². The van der Waals surface area contributed by atoms with Gasteiger partial charge >= 0.3 is 5.97 Å². The fourth-order valence-electron chi connectivity index (χ4n) is 3.29. The largest absolute Gasteiger partial charge is 0.465 e. The molecule has 3 atom stereocenters. The molecule has 22 heavy (non-hydrogen) atoms. The van der Waals surface area contributed by atoms with E-state index in [1.807, 2.05) is 13.8 Å². The summed E-state index contributed by atoms with van der Waals surface area (Å²) in [5.74, 6) is -0.390. The van der Waals surface area contributed by atoms with Crippen LogP contribution in [-0.2, 0) is 9.47 Å². The van der Waals surface area contributed by atoms with E-state index < -0.39 is 5.97 Å². The van der Waals surface area contributed by atoms with Crippen molar-refractivity contribution in [2.45, 2.75) is 39.9 Å². The van der Waals surface area contributed by atoms with Crippen LogP contribution in [0.15, 0.2) is 0 Å². The number of ketones is 1. The molecule has 1 aliphatic rings. The van der Waals surface area contributed by atoms with Crippen LogP contribution in [-0.4, -0.2) is 55.7 Å². The van der Waals surface area contributed by atoms with Gasteiger partial charge in [0.2, 0.25) is 5.78 Å². The van der Waals surface area contributed by atoms with E-state index in [1.54, 1.807) is 13.8 Å². The van der Waals surface area contributed by atoms with E-state index in [9.17, 15) is 9.59 Å². The summed E-state index contributed by atoms with van der Waals surface area (Å²) in [5, 5.41) is 0. The summed E-state index contributed by atoms with van der Waals surface area (Å²) in [7, 11) is 1.34. The molecule has 0 saturated carbocycles. The van der Waals surface area contributed by atoms with Gasteiger partial charge in [0.05, 0.1) is 18.4 Å². The average Bonchev–Trinajstić information content (AvgIpc) is 2.72. The van der Waals surface area contributed by atoms with E-state index in [4.69, 9.17) is 9.47 Å². The summed E-state index contributed by atoms with van der Waals surface area (Å²) in [4.78, 5) is 28.6. The molecule has 0 aromatic carbocycles. The standard InChI is InChI=1S/C16H24N2O4/c1-9-6-18(7-10(2)22-9)8-13(19)15-11(3)14(12(4)17-15)16(20)21-5/h9-10,17H,6-8H2,1-5H3/p+1/t9-,10+. The number of hydrogen-bond acceptors (Lipinski definition) is 4. The van der Waals surface area contributed by atoms with Crippen LogP contribution in [0.3, 0.4) is 0 Å². The van der Waals surface area contributed by atoms with Crippen molar-refractivity contribution in [2.75, 3.05) is 26.7 Å². The van der Waals surface area contributed by atoms with E-state index in [0.717, 1.165) is 13.1 Å². The molecule has 2 N–H and O–H groups in total. The highest BCUT2D eigenvalue weighted by Crippen LogP contribution is 2.19. The summed E-state index contributed by atoms with van der Waals surface area (Å²) in [5.41, 5.74) is 2.32. The lowest BCUT2D eigenvalue weighted by atomic mass is 10.1. The Morgan fingerprint density at radius 2 is 1.86 bits per heavy atom. The van der Waals surface area contributed by atoms with Crippen molar-refractivity contribution in [3.05, 3.63) is 22.5 Å². The number of carbonyl (C=O) groups excluding carboxylic acids is 2. The highest BCUT2D eigenvalue weighted by atomic mass is 16.5. The summed E-state index contributed by atoms with van der Waals surface area (Å²) in [6, 6.07) is 0. The van der Waals surface area contributed by atoms with E-state index in [1.165, 1.54) is 12.0 Å². The molecule has 6 heteroatoms. The molecule has 0 bridgehead atoms. The molecule has 0 radical (unpaired) electrons. The quantitative estimate of drug-likeness (QED) is 0.619. The fraction of sp³-hybridized carbons (Fsp3) is 0.625. The van der Waals surface area contributed by atoms with Gasteiger partial charge in [-0.05, 0) is 33.3 Å². The Hall–Kier alpha value is -1.66. The molecule has 1 fully saturated rings. The van der Waals surface area contributed by atoms with Crippen molar-refractivity contribution in [1.82, 2.24) is 4.98 Å². The maximum absolute atomic E-state index is 12.6. The van der Waals surface area contributed by atoms with Crippen molar-refractivity contribution in [3.63, 3.8) is 0 Å². The third-order valence-corrected chi connectivity index (χ3v) is 4.13. The second-order valence-electron chi connectivity index (χ2n) is 6.13. The van der Waals surface area contributed by atoms with Crippen LogP contribution in [0.2, 0.25) is 0 Å². The maximum Gasteiger partial charge on any atom is 0.339 e. The average molecular weight is 309 g/mol. The first-order valence-corrected chi connectivity index (χ1v) is 7.63. The van der Waals surface area contributed by atoms with Crippen LogP contribution in [0.4, 0.5) is 0 Å². The SMILES string of the molecule is COC(=O)c1c(C)[nH]c(C(=O)C[NH+]2C[C@@H](C)O[C@@H](C)C2)c1C. The summed E-state index contributed by atoms with van der Waals surface area (Å²) < 4.78 is 10.5. The first kappa shape index (κ1) is 16.7. The van der Waals surface area contributed by atoms with Crippen molar-refractivity contribution < 1.29 is 24.0 Å². The topological polar surface area (TPSA) is 72.8 Å². The predicted octanol–water partition coefficient (Wildman–Crippen LogP) is 0.293. The van der Waals surface area contributed by atoms with E-state index in [-0.39, 0.29) is 18.0 Å². The van der Waals surface area contributed by atoms with Gasteiger partial charge in [-0.2, -0.15) is 0 Å². The van der Waals surface area contributed by atoms with E-state index in [2.05, 4.69) is 4.98 Å². The Morgan fingerprint density at radius 3 is 2.41 bits per heavy atom. The number of rotatable bonds is 4. The van der Waals surface area contributed by atoms with Gasteiger partial charge in [-0.1, -0.05) is 0 Å². The number of aromatic nitrogens is 1. The minimum absolute atomic E-state index is 0.0204. The number of morpholine rings is 1. The molecule has 2 heterocycles. The molecule has 6 nitrogen and oxygen atoms in total. The molecule has 0 spiro atoms. The first-order valence-electron chi connectivity index (χ1n) is 7.63. The molecule has 1 aromatic rings. The van der Waals surface area contributed by atoms with E-state index in [0.29, 0.717) is 29.1 Å². The number of quaternary nitrogens is 1. The summed E-state index contributed by atoms with van der Waals surface area (Å²) >= 11 is 0. The number of H-pyrrole nitrogens is 1. The molecule has 1 saturated heterocycles. The van der Waals surface area contributed by atoms with Gasteiger partial charge < -0.3 is 19.4 Å². The molecule has 1 aromatic heterocycles. The van der Waals surface area contributed by atoms with E-state index >= 15 is 0 Å². The monoisotopic (exact) mass is 309 g/mol.